The minimum Gasteiger partial charge on any atom is -0.497 e. The Morgan fingerprint density at radius 3 is 2.03 bits per heavy atom. The molecule has 9 nitrogen and oxygen atoms in total. The first-order valence-corrected chi connectivity index (χ1v) is 11.1. The second-order valence-corrected chi connectivity index (χ2v) is 7.54. The predicted octanol–water partition coefficient (Wildman–Crippen LogP) is 2.47. The average Bonchev–Trinajstić information content (AvgIpc) is 2.85. The molecule has 0 aliphatic heterocycles. The summed E-state index contributed by atoms with van der Waals surface area (Å²) in [6.45, 7) is 3.46. The zero-order chi connectivity index (χ0) is 24.2. The van der Waals surface area contributed by atoms with Gasteiger partial charge in [0.1, 0.15) is 17.4 Å². The van der Waals surface area contributed by atoms with Gasteiger partial charge in [0.25, 0.3) is 0 Å². The smallest absolute Gasteiger partial charge is 0.224 e. The number of hydrogen-bond donors (Lipinski definition) is 4. The van der Waals surface area contributed by atoms with Crippen LogP contribution in [-0.2, 0) is 16.0 Å². The minimum atomic E-state index is -0.0779. The summed E-state index contributed by atoms with van der Waals surface area (Å²) in [6.07, 6.45) is 0.304. The lowest BCUT2D eigenvalue weighted by molar-refractivity contribution is -0.120. The molecule has 0 atom stereocenters. The van der Waals surface area contributed by atoms with Gasteiger partial charge in [0.05, 0.1) is 13.5 Å². The molecule has 4 N–H and O–H groups in total. The molecule has 2 aromatic carbocycles. The Morgan fingerprint density at radius 2 is 1.44 bits per heavy atom. The molecule has 0 bridgehead atoms. The lowest BCUT2D eigenvalue weighted by Gasteiger charge is -2.12. The van der Waals surface area contributed by atoms with Gasteiger partial charge in [-0.15, -0.1) is 0 Å². The summed E-state index contributed by atoms with van der Waals surface area (Å²) in [6, 6.07) is 18.9. The summed E-state index contributed by atoms with van der Waals surface area (Å²) in [7, 11) is 1.61. The quantitative estimate of drug-likeness (QED) is 0.306. The summed E-state index contributed by atoms with van der Waals surface area (Å²) in [5, 5.41) is 12.1. The number of methoxy groups -OCH3 is 1. The standard InChI is InChI=1S/C25H30N6O3/c1-18(32)26-12-13-27-22-17-23(31-25(30-22)20-6-4-3-5-7-20)28-14-15-29-24(33)16-19-8-10-21(34-2)11-9-19/h3-11,17H,12-16H2,1-2H3,(H,26,32)(H,29,33)(H2,27,28,30,31). The third-order valence-electron chi connectivity index (χ3n) is 4.84. The Hall–Kier alpha value is -4.14. The molecular weight excluding hydrogens is 432 g/mol. The fourth-order valence-electron chi connectivity index (χ4n) is 3.16. The molecule has 9 heteroatoms. The van der Waals surface area contributed by atoms with Crippen LogP contribution < -0.4 is 26.0 Å². The van der Waals surface area contributed by atoms with E-state index < -0.39 is 0 Å². The number of anilines is 2. The maximum Gasteiger partial charge on any atom is 0.224 e. The van der Waals surface area contributed by atoms with Crippen molar-refractivity contribution in [2.24, 2.45) is 0 Å². The highest BCUT2D eigenvalue weighted by atomic mass is 16.5. The molecule has 0 unspecified atom stereocenters. The predicted molar refractivity (Wildman–Crippen MR) is 133 cm³/mol. The van der Waals surface area contributed by atoms with Crippen LogP contribution in [0.1, 0.15) is 12.5 Å². The van der Waals surface area contributed by atoms with Crippen LogP contribution >= 0.6 is 0 Å². The van der Waals surface area contributed by atoms with Crippen LogP contribution in [0, 0.1) is 0 Å². The monoisotopic (exact) mass is 462 g/mol. The molecule has 0 radical (unpaired) electrons. The maximum atomic E-state index is 12.2. The van der Waals surface area contributed by atoms with Gasteiger partial charge >= 0.3 is 0 Å². The second kappa shape index (κ2) is 12.8. The van der Waals surface area contributed by atoms with Crippen molar-refractivity contribution in [3.05, 3.63) is 66.2 Å². The second-order valence-electron chi connectivity index (χ2n) is 7.54. The van der Waals surface area contributed by atoms with E-state index in [1.807, 2.05) is 54.6 Å². The van der Waals surface area contributed by atoms with Crippen molar-refractivity contribution in [3.8, 4) is 17.1 Å². The van der Waals surface area contributed by atoms with Gasteiger partial charge in [-0.3, -0.25) is 9.59 Å². The number of carbonyl (C=O) groups excluding carboxylic acids is 2. The molecule has 1 aromatic heterocycles. The van der Waals surface area contributed by atoms with E-state index in [4.69, 9.17) is 4.74 Å². The first kappa shape index (κ1) is 24.5. The molecule has 178 valence electrons. The molecule has 34 heavy (non-hydrogen) atoms. The number of carbonyl (C=O) groups is 2. The number of rotatable bonds is 12. The fourth-order valence-corrected chi connectivity index (χ4v) is 3.16. The SMILES string of the molecule is COc1ccc(CC(=O)NCCNc2cc(NCCNC(C)=O)nc(-c3ccccc3)n2)cc1. The molecule has 1 heterocycles. The van der Waals surface area contributed by atoms with Crippen LogP contribution in [0.25, 0.3) is 11.4 Å². The average molecular weight is 463 g/mol. The Bertz CT molecular complexity index is 1070. The Balaban J connectivity index is 1.54. The highest BCUT2D eigenvalue weighted by molar-refractivity contribution is 5.78. The van der Waals surface area contributed by atoms with Crippen LogP contribution in [0.4, 0.5) is 11.6 Å². The zero-order valence-electron chi connectivity index (χ0n) is 19.4. The van der Waals surface area contributed by atoms with Crippen LogP contribution in [0.2, 0.25) is 0 Å². The number of benzene rings is 2. The summed E-state index contributed by atoms with van der Waals surface area (Å²) in [4.78, 5) is 32.5. The fraction of sp³-hybridized carbons (Fsp3) is 0.280. The maximum absolute atomic E-state index is 12.2. The summed E-state index contributed by atoms with van der Waals surface area (Å²) in [5.74, 6) is 2.49. The first-order chi connectivity index (χ1) is 16.5. The lowest BCUT2D eigenvalue weighted by Crippen LogP contribution is -2.30. The number of nitrogens with one attached hydrogen (secondary N) is 4. The Morgan fingerprint density at radius 1 is 0.824 bits per heavy atom. The van der Waals surface area contributed by atoms with E-state index in [1.54, 1.807) is 13.2 Å². The molecule has 0 aliphatic rings. The van der Waals surface area contributed by atoms with Crippen LogP contribution in [0.15, 0.2) is 60.7 Å². The number of nitrogens with zero attached hydrogens (tertiary/aromatic N) is 2. The van der Waals surface area contributed by atoms with Crippen molar-refractivity contribution in [1.29, 1.82) is 0 Å². The molecule has 3 rings (SSSR count). The van der Waals surface area contributed by atoms with Crippen molar-refractivity contribution in [1.82, 2.24) is 20.6 Å². The van der Waals surface area contributed by atoms with Gasteiger partial charge in [-0.1, -0.05) is 42.5 Å². The molecule has 0 saturated heterocycles. The van der Waals surface area contributed by atoms with E-state index in [0.717, 1.165) is 16.9 Å². The Kier molecular flexibility index (Phi) is 9.21. The molecular formula is C25H30N6O3. The topological polar surface area (TPSA) is 117 Å². The first-order valence-electron chi connectivity index (χ1n) is 11.1. The van der Waals surface area contributed by atoms with Gasteiger partial charge < -0.3 is 26.0 Å². The number of ether oxygens (including phenoxy) is 1. The van der Waals surface area contributed by atoms with Crippen molar-refractivity contribution in [3.63, 3.8) is 0 Å². The van der Waals surface area contributed by atoms with E-state index in [2.05, 4.69) is 31.2 Å². The highest BCUT2D eigenvalue weighted by Gasteiger charge is 2.08. The van der Waals surface area contributed by atoms with E-state index in [0.29, 0.717) is 50.1 Å². The van der Waals surface area contributed by atoms with Crippen molar-refractivity contribution in [2.45, 2.75) is 13.3 Å². The largest absolute Gasteiger partial charge is 0.497 e. The number of hydrogen-bond acceptors (Lipinski definition) is 7. The highest BCUT2D eigenvalue weighted by Crippen LogP contribution is 2.20. The van der Waals surface area contributed by atoms with Gasteiger partial charge in [0.15, 0.2) is 5.82 Å². The van der Waals surface area contributed by atoms with Gasteiger partial charge in [-0.25, -0.2) is 9.97 Å². The van der Waals surface area contributed by atoms with Gasteiger partial charge in [0, 0.05) is 44.7 Å². The third-order valence-corrected chi connectivity index (χ3v) is 4.84. The van der Waals surface area contributed by atoms with Crippen LogP contribution in [-0.4, -0.2) is 55.1 Å². The van der Waals surface area contributed by atoms with E-state index in [1.165, 1.54) is 6.92 Å². The van der Waals surface area contributed by atoms with E-state index >= 15 is 0 Å². The van der Waals surface area contributed by atoms with Gasteiger partial charge in [0.2, 0.25) is 11.8 Å². The molecule has 0 fully saturated rings. The molecule has 0 saturated carbocycles. The zero-order valence-corrected chi connectivity index (χ0v) is 19.4. The summed E-state index contributed by atoms with van der Waals surface area (Å²) < 4.78 is 5.14. The number of aromatic nitrogens is 2. The van der Waals surface area contributed by atoms with Crippen molar-refractivity contribution in [2.75, 3.05) is 43.9 Å². The molecule has 2 amide bonds. The van der Waals surface area contributed by atoms with Gasteiger partial charge in [-0.05, 0) is 17.7 Å². The van der Waals surface area contributed by atoms with E-state index in [-0.39, 0.29) is 11.8 Å². The number of amides is 2. The van der Waals surface area contributed by atoms with Crippen molar-refractivity contribution >= 4 is 23.5 Å². The van der Waals surface area contributed by atoms with E-state index in [9.17, 15) is 9.59 Å². The summed E-state index contributed by atoms with van der Waals surface area (Å²) in [5.41, 5.74) is 1.81. The normalized spacial score (nSPS) is 10.3. The van der Waals surface area contributed by atoms with Gasteiger partial charge in [-0.2, -0.15) is 0 Å². The van der Waals surface area contributed by atoms with Crippen LogP contribution in [0.5, 0.6) is 5.75 Å². The Labute approximate surface area is 199 Å². The van der Waals surface area contributed by atoms with Crippen molar-refractivity contribution < 1.29 is 14.3 Å². The molecule has 3 aromatic rings. The minimum absolute atomic E-state index is 0.0556. The third kappa shape index (κ3) is 8.09. The lowest BCUT2D eigenvalue weighted by atomic mass is 10.1. The molecule has 0 aliphatic carbocycles. The van der Waals surface area contributed by atoms with Crippen LogP contribution in [0.3, 0.4) is 0 Å². The molecule has 0 spiro atoms. The summed E-state index contributed by atoms with van der Waals surface area (Å²) >= 11 is 0.